The maximum Gasteiger partial charge on any atom is 0.0540 e. The lowest BCUT2D eigenvalue weighted by Crippen LogP contribution is -2.11. The Hall–Kier alpha value is -7.74. The maximum absolute atomic E-state index is 2.39. The second-order valence-electron chi connectivity index (χ2n) is 15.3. The van der Waals surface area contributed by atoms with E-state index in [1.807, 2.05) is 0 Å². The van der Waals surface area contributed by atoms with Crippen LogP contribution in [0.15, 0.2) is 237 Å². The molecular formula is C58H39N. The van der Waals surface area contributed by atoms with Gasteiger partial charge in [-0.05, 0) is 124 Å². The summed E-state index contributed by atoms with van der Waals surface area (Å²) in [6.07, 6.45) is 0. The van der Waals surface area contributed by atoms with Crippen molar-refractivity contribution < 1.29 is 0 Å². The zero-order valence-corrected chi connectivity index (χ0v) is 32.5. The molecule has 0 saturated carbocycles. The van der Waals surface area contributed by atoms with Crippen LogP contribution in [0.2, 0.25) is 0 Å². The Morgan fingerprint density at radius 3 is 1.34 bits per heavy atom. The fourth-order valence-electron chi connectivity index (χ4n) is 8.99. The lowest BCUT2D eigenvalue weighted by Gasteiger charge is -2.28. The molecule has 0 fully saturated rings. The number of fused-ring (bicyclic) bond motifs is 7. The van der Waals surface area contributed by atoms with E-state index in [1.54, 1.807) is 0 Å². The first kappa shape index (κ1) is 34.5. The molecule has 0 N–H and O–H groups in total. The highest BCUT2D eigenvalue weighted by Gasteiger charge is 2.18. The molecule has 0 aliphatic carbocycles. The van der Waals surface area contributed by atoms with E-state index in [2.05, 4.69) is 241 Å². The molecule has 59 heavy (non-hydrogen) atoms. The van der Waals surface area contributed by atoms with Crippen LogP contribution < -0.4 is 4.90 Å². The van der Waals surface area contributed by atoms with Gasteiger partial charge < -0.3 is 4.90 Å². The topological polar surface area (TPSA) is 3.24 Å². The summed E-state index contributed by atoms with van der Waals surface area (Å²) in [7, 11) is 0. The van der Waals surface area contributed by atoms with Gasteiger partial charge in [-0.1, -0.05) is 194 Å². The largest absolute Gasteiger partial charge is 0.310 e. The van der Waals surface area contributed by atoms with Crippen molar-refractivity contribution in [3.05, 3.63) is 237 Å². The van der Waals surface area contributed by atoms with Crippen molar-refractivity contribution in [3.63, 3.8) is 0 Å². The summed E-state index contributed by atoms with van der Waals surface area (Å²) < 4.78 is 0. The van der Waals surface area contributed by atoms with Gasteiger partial charge in [0.05, 0.1) is 5.69 Å². The van der Waals surface area contributed by atoms with E-state index >= 15 is 0 Å². The standard InChI is InChI=1S/C58H39N/c1-2-14-43(15-3-1)51-21-10-11-27-58(51)59(47-33-28-40(29-34-47)44-18-12-19-46(38-44)50-26-13-17-42-16-4-5-20-49(42)50)48-35-30-41(31-36-48)45-32-37-56-54-24-7-6-22-52(54)53-23-8-9-25-55(53)57(56)39-45/h1-39H. The number of nitrogens with zero attached hydrogens (tertiary/aromatic N) is 1. The Balaban J connectivity index is 0.995. The van der Waals surface area contributed by atoms with Gasteiger partial charge in [0.1, 0.15) is 0 Å². The third kappa shape index (κ3) is 6.21. The second kappa shape index (κ2) is 14.6. The second-order valence-corrected chi connectivity index (χ2v) is 15.3. The highest BCUT2D eigenvalue weighted by Crippen LogP contribution is 2.43. The third-order valence-electron chi connectivity index (χ3n) is 11.9. The fraction of sp³-hybridized carbons (Fsp3) is 0. The number of hydrogen-bond acceptors (Lipinski definition) is 1. The van der Waals surface area contributed by atoms with Crippen LogP contribution in [-0.4, -0.2) is 0 Å². The summed E-state index contributed by atoms with van der Waals surface area (Å²) in [5.41, 5.74) is 12.9. The Labute approximate surface area is 344 Å². The van der Waals surface area contributed by atoms with E-state index in [4.69, 9.17) is 0 Å². The molecule has 0 atom stereocenters. The predicted molar refractivity (Wildman–Crippen MR) is 253 cm³/mol. The van der Waals surface area contributed by atoms with E-state index in [1.165, 1.54) is 87.6 Å². The molecular weight excluding hydrogens is 711 g/mol. The van der Waals surface area contributed by atoms with Gasteiger partial charge in [-0.2, -0.15) is 0 Å². The number of anilines is 3. The van der Waals surface area contributed by atoms with Crippen molar-refractivity contribution >= 4 is 60.2 Å². The van der Waals surface area contributed by atoms with Gasteiger partial charge >= 0.3 is 0 Å². The van der Waals surface area contributed by atoms with E-state index in [0.717, 1.165) is 17.1 Å². The van der Waals surface area contributed by atoms with Crippen molar-refractivity contribution in [2.75, 3.05) is 4.90 Å². The highest BCUT2D eigenvalue weighted by molar-refractivity contribution is 6.25. The average molecular weight is 750 g/mol. The van der Waals surface area contributed by atoms with Crippen molar-refractivity contribution in [2.45, 2.75) is 0 Å². The van der Waals surface area contributed by atoms with Crippen LogP contribution in [0.1, 0.15) is 0 Å². The molecule has 0 heterocycles. The zero-order valence-electron chi connectivity index (χ0n) is 32.5. The van der Waals surface area contributed by atoms with Crippen LogP contribution in [0, 0.1) is 0 Å². The molecule has 276 valence electrons. The van der Waals surface area contributed by atoms with Gasteiger partial charge in [0, 0.05) is 16.9 Å². The van der Waals surface area contributed by atoms with E-state index < -0.39 is 0 Å². The Morgan fingerprint density at radius 1 is 0.220 bits per heavy atom. The van der Waals surface area contributed by atoms with Crippen molar-refractivity contribution in [1.29, 1.82) is 0 Å². The van der Waals surface area contributed by atoms with Gasteiger partial charge in [-0.3, -0.25) is 0 Å². The van der Waals surface area contributed by atoms with Crippen molar-refractivity contribution in [1.82, 2.24) is 0 Å². The Bertz CT molecular complexity index is 3270. The average Bonchev–Trinajstić information content (AvgIpc) is 3.32. The quantitative estimate of drug-likeness (QED) is 0.147. The zero-order chi connectivity index (χ0) is 39.1. The molecule has 0 unspecified atom stereocenters. The minimum Gasteiger partial charge on any atom is -0.310 e. The molecule has 0 spiro atoms. The van der Waals surface area contributed by atoms with Gasteiger partial charge in [0.2, 0.25) is 0 Å². The summed E-state index contributed by atoms with van der Waals surface area (Å²) in [5.74, 6) is 0. The van der Waals surface area contributed by atoms with Crippen LogP contribution in [0.3, 0.4) is 0 Å². The fourth-order valence-corrected chi connectivity index (χ4v) is 8.99. The molecule has 11 rings (SSSR count). The van der Waals surface area contributed by atoms with E-state index in [0.29, 0.717) is 0 Å². The number of benzene rings is 11. The molecule has 0 aliphatic heterocycles. The van der Waals surface area contributed by atoms with Gasteiger partial charge in [0.15, 0.2) is 0 Å². The van der Waals surface area contributed by atoms with Crippen LogP contribution >= 0.6 is 0 Å². The number of para-hydroxylation sites is 1. The Morgan fingerprint density at radius 2 is 0.661 bits per heavy atom. The van der Waals surface area contributed by atoms with E-state index in [9.17, 15) is 0 Å². The molecule has 0 aliphatic rings. The lowest BCUT2D eigenvalue weighted by atomic mass is 9.92. The van der Waals surface area contributed by atoms with Crippen molar-refractivity contribution in [2.24, 2.45) is 0 Å². The summed E-state index contributed by atoms with van der Waals surface area (Å²) in [4.78, 5) is 2.39. The van der Waals surface area contributed by atoms with Gasteiger partial charge in [-0.15, -0.1) is 0 Å². The van der Waals surface area contributed by atoms with Crippen LogP contribution in [0.25, 0.3) is 87.6 Å². The highest BCUT2D eigenvalue weighted by atomic mass is 15.1. The summed E-state index contributed by atoms with van der Waals surface area (Å²) in [6, 6.07) is 86.1. The maximum atomic E-state index is 2.39. The first-order chi connectivity index (χ1) is 29.3. The smallest absolute Gasteiger partial charge is 0.0540 e. The molecule has 1 nitrogen and oxygen atoms in total. The van der Waals surface area contributed by atoms with Crippen LogP contribution in [0.5, 0.6) is 0 Å². The van der Waals surface area contributed by atoms with Gasteiger partial charge in [-0.25, -0.2) is 0 Å². The molecule has 0 bridgehead atoms. The normalized spacial score (nSPS) is 11.4. The van der Waals surface area contributed by atoms with Crippen LogP contribution in [0.4, 0.5) is 17.1 Å². The minimum atomic E-state index is 1.10. The van der Waals surface area contributed by atoms with Crippen LogP contribution in [-0.2, 0) is 0 Å². The molecule has 0 aromatic heterocycles. The van der Waals surface area contributed by atoms with Gasteiger partial charge in [0.25, 0.3) is 0 Å². The lowest BCUT2D eigenvalue weighted by molar-refractivity contribution is 1.28. The SMILES string of the molecule is c1ccc(-c2ccccc2N(c2ccc(-c3cccc(-c4cccc5ccccc45)c3)cc2)c2ccc(-c3ccc4c5ccccc5c5ccccc5c4c3)cc2)cc1. The summed E-state index contributed by atoms with van der Waals surface area (Å²) in [5, 5.41) is 10.2. The monoisotopic (exact) mass is 749 g/mol. The molecule has 1 heteroatoms. The number of hydrogen-bond donors (Lipinski definition) is 0. The molecule has 0 amide bonds. The number of rotatable bonds is 7. The first-order valence-electron chi connectivity index (χ1n) is 20.3. The van der Waals surface area contributed by atoms with E-state index in [-0.39, 0.29) is 0 Å². The molecule has 0 saturated heterocycles. The Kier molecular flexibility index (Phi) is 8.56. The minimum absolute atomic E-state index is 1.10. The van der Waals surface area contributed by atoms with Crippen molar-refractivity contribution in [3.8, 4) is 44.5 Å². The third-order valence-corrected chi connectivity index (χ3v) is 11.9. The first-order valence-corrected chi connectivity index (χ1v) is 20.3. The molecule has 11 aromatic carbocycles. The molecule has 11 aromatic rings. The predicted octanol–water partition coefficient (Wildman–Crippen LogP) is 16.4. The summed E-state index contributed by atoms with van der Waals surface area (Å²) in [6.45, 7) is 0. The summed E-state index contributed by atoms with van der Waals surface area (Å²) >= 11 is 0. The molecule has 0 radical (unpaired) electrons.